The van der Waals surface area contributed by atoms with Gasteiger partial charge in [0.15, 0.2) is 4.67 Å². The third-order valence-corrected chi connectivity index (χ3v) is 3.11. The van der Waals surface area contributed by atoms with Crippen molar-refractivity contribution < 1.29 is 4.42 Å². The van der Waals surface area contributed by atoms with Gasteiger partial charge >= 0.3 is 0 Å². The lowest BCUT2D eigenvalue weighted by Crippen LogP contribution is -2.38. The van der Waals surface area contributed by atoms with Crippen molar-refractivity contribution >= 4 is 15.9 Å². The van der Waals surface area contributed by atoms with E-state index in [0.717, 1.165) is 36.6 Å². The van der Waals surface area contributed by atoms with E-state index < -0.39 is 0 Å². The SMILES string of the molecule is CCN(CC)CC(C)NCc1ccc(Br)o1. The molecule has 0 bridgehead atoms. The van der Waals surface area contributed by atoms with Gasteiger partial charge in [-0.2, -0.15) is 0 Å². The highest BCUT2D eigenvalue weighted by atomic mass is 79.9. The summed E-state index contributed by atoms with van der Waals surface area (Å²) in [5, 5.41) is 3.46. The van der Waals surface area contributed by atoms with Crippen LogP contribution in [0.2, 0.25) is 0 Å². The Morgan fingerprint density at radius 2 is 2.06 bits per heavy atom. The first-order chi connectivity index (χ1) is 7.65. The molecule has 0 aliphatic rings. The van der Waals surface area contributed by atoms with Crippen molar-refractivity contribution in [3.8, 4) is 0 Å². The lowest BCUT2D eigenvalue weighted by molar-refractivity contribution is 0.268. The van der Waals surface area contributed by atoms with Crippen LogP contribution in [-0.2, 0) is 6.54 Å². The standard InChI is InChI=1S/C12H21BrN2O/c1-4-15(5-2)9-10(3)14-8-11-6-7-12(13)16-11/h6-7,10,14H,4-5,8-9H2,1-3H3. The first-order valence-corrected chi connectivity index (χ1v) is 6.65. The van der Waals surface area contributed by atoms with E-state index >= 15 is 0 Å². The molecule has 1 atom stereocenters. The smallest absolute Gasteiger partial charge is 0.169 e. The fraction of sp³-hybridized carbons (Fsp3) is 0.667. The molecule has 0 saturated carbocycles. The highest BCUT2D eigenvalue weighted by Gasteiger charge is 2.07. The molecule has 1 N–H and O–H groups in total. The molecule has 1 rings (SSSR count). The zero-order valence-corrected chi connectivity index (χ0v) is 11.9. The van der Waals surface area contributed by atoms with Gasteiger partial charge in [0.25, 0.3) is 0 Å². The summed E-state index contributed by atoms with van der Waals surface area (Å²) in [6, 6.07) is 4.39. The molecular formula is C12H21BrN2O. The molecule has 0 aromatic carbocycles. The van der Waals surface area contributed by atoms with Crippen molar-refractivity contribution in [2.75, 3.05) is 19.6 Å². The number of nitrogens with zero attached hydrogens (tertiary/aromatic N) is 1. The largest absolute Gasteiger partial charge is 0.453 e. The number of rotatable bonds is 7. The van der Waals surface area contributed by atoms with Crippen LogP contribution in [0.3, 0.4) is 0 Å². The van der Waals surface area contributed by atoms with E-state index in [1.807, 2.05) is 12.1 Å². The summed E-state index contributed by atoms with van der Waals surface area (Å²) in [5.41, 5.74) is 0. The van der Waals surface area contributed by atoms with Gasteiger partial charge < -0.3 is 14.6 Å². The Hall–Kier alpha value is -0.320. The first kappa shape index (κ1) is 13.7. The van der Waals surface area contributed by atoms with Crippen LogP contribution >= 0.6 is 15.9 Å². The molecular weight excluding hydrogens is 268 g/mol. The molecule has 3 nitrogen and oxygen atoms in total. The van der Waals surface area contributed by atoms with Crippen LogP contribution in [-0.4, -0.2) is 30.6 Å². The van der Waals surface area contributed by atoms with Crippen LogP contribution in [0.25, 0.3) is 0 Å². The molecule has 1 heterocycles. The van der Waals surface area contributed by atoms with Gasteiger partial charge in [0.05, 0.1) is 6.54 Å². The maximum Gasteiger partial charge on any atom is 0.169 e. The monoisotopic (exact) mass is 288 g/mol. The molecule has 0 saturated heterocycles. The Kier molecular flexibility index (Phi) is 6.09. The van der Waals surface area contributed by atoms with E-state index in [1.54, 1.807) is 0 Å². The molecule has 0 spiro atoms. The summed E-state index contributed by atoms with van der Waals surface area (Å²) in [5.74, 6) is 0.971. The second kappa shape index (κ2) is 7.09. The van der Waals surface area contributed by atoms with E-state index in [-0.39, 0.29) is 0 Å². The van der Waals surface area contributed by atoms with Gasteiger partial charge in [-0.1, -0.05) is 13.8 Å². The summed E-state index contributed by atoms with van der Waals surface area (Å²) in [4.78, 5) is 2.41. The van der Waals surface area contributed by atoms with Crippen molar-refractivity contribution in [1.82, 2.24) is 10.2 Å². The van der Waals surface area contributed by atoms with Crippen LogP contribution < -0.4 is 5.32 Å². The zero-order valence-electron chi connectivity index (χ0n) is 10.3. The highest BCUT2D eigenvalue weighted by Crippen LogP contribution is 2.13. The number of halogens is 1. The number of furan rings is 1. The number of likely N-dealkylation sites (N-methyl/N-ethyl adjacent to an activating group) is 1. The molecule has 0 aliphatic heterocycles. The van der Waals surface area contributed by atoms with Gasteiger partial charge in [0.1, 0.15) is 5.76 Å². The third-order valence-electron chi connectivity index (χ3n) is 2.68. The van der Waals surface area contributed by atoms with Gasteiger partial charge in [-0.15, -0.1) is 0 Å². The maximum atomic E-state index is 5.43. The summed E-state index contributed by atoms with van der Waals surface area (Å²) in [7, 11) is 0. The van der Waals surface area contributed by atoms with Crippen molar-refractivity contribution in [1.29, 1.82) is 0 Å². The minimum atomic E-state index is 0.476. The van der Waals surface area contributed by atoms with Gasteiger partial charge in [-0.05, 0) is 48.1 Å². The topological polar surface area (TPSA) is 28.4 Å². The van der Waals surface area contributed by atoms with Gasteiger partial charge in [0, 0.05) is 12.6 Å². The molecule has 0 fully saturated rings. The van der Waals surface area contributed by atoms with Crippen LogP contribution in [0.5, 0.6) is 0 Å². The molecule has 0 aliphatic carbocycles. The Morgan fingerprint density at radius 3 is 2.56 bits per heavy atom. The van der Waals surface area contributed by atoms with Gasteiger partial charge in [-0.25, -0.2) is 0 Å². The summed E-state index contributed by atoms with van der Waals surface area (Å²) in [6.45, 7) is 10.7. The number of hydrogen-bond acceptors (Lipinski definition) is 3. The van der Waals surface area contributed by atoms with Crippen molar-refractivity contribution in [3.05, 3.63) is 22.6 Å². The quantitative estimate of drug-likeness (QED) is 0.836. The fourth-order valence-corrected chi connectivity index (χ4v) is 2.00. The second-order valence-electron chi connectivity index (χ2n) is 3.97. The van der Waals surface area contributed by atoms with Crippen LogP contribution in [0.4, 0.5) is 0 Å². The predicted octanol–water partition coefficient (Wildman–Crippen LogP) is 2.86. The normalized spacial score (nSPS) is 13.3. The highest BCUT2D eigenvalue weighted by molar-refractivity contribution is 9.10. The Balaban J connectivity index is 2.26. The molecule has 92 valence electrons. The molecule has 1 aromatic rings. The fourth-order valence-electron chi connectivity index (χ4n) is 1.66. The van der Waals surface area contributed by atoms with Crippen molar-refractivity contribution in [2.24, 2.45) is 0 Å². The van der Waals surface area contributed by atoms with Crippen LogP contribution in [0, 0.1) is 0 Å². The van der Waals surface area contributed by atoms with Crippen LogP contribution in [0.1, 0.15) is 26.5 Å². The van der Waals surface area contributed by atoms with Gasteiger partial charge in [-0.3, -0.25) is 0 Å². The minimum absolute atomic E-state index is 0.476. The lowest BCUT2D eigenvalue weighted by atomic mass is 10.3. The molecule has 1 unspecified atom stereocenters. The number of hydrogen-bond donors (Lipinski definition) is 1. The van der Waals surface area contributed by atoms with E-state index in [9.17, 15) is 0 Å². The van der Waals surface area contributed by atoms with Gasteiger partial charge in [0.2, 0.25) is 0 Å². The van der Waals surface area contributed by atoms with E-state index in [0.29, 0.717) is 6.04 Å². The zero-order chi connectivity index (χ0) is 12.0. The average Bonchev–Trinajstić information content (AvgIpc) is 2.69. The molecule has 0 radical (unpaired) electrons. The van der Waals surface area contributed by atoms with E-state index in [2.05, 4.69) is 46.9 Å². The van der Waals surface area contributed by atoms with Crippen molar-refractivity contribution in [3.63, 3.8) is 0 Å². The average molecular weight is 289 g/mol. The van der Waals surface area contributed by atoms with Crippen molar-refractivity contribution in [2.45, 2.75) is 33.4 Å². The molecule has 0 amide bonds. The Labute approximate surface area is 106 Å². The summed E-state index contributed by atoms with van der Waals surface area (Å²) >= 11 is 3.30. The first-order valence-electron chi connectivity index (χ1n) is 5.85. The summed E-state index contributed by atoms with van der Waals surface area (Å²) < 4.78 is 6.22. The molecule has 4 heteroatoms. The molecule has 1 aromatic heterocycles. The minimum Gasteiger partial charge on any atom is -0.453 e. The summed E-state index contributed by atoms with van der Waals surface area (Å²) in [6.07, 6.45) is 0. The Bertz CT molecular complexity index is 297. The van der Waals surface area contributed by atoms with E-state index in [4.69, 9.17) is 4.42 Å². The maximum absolute atomic E-state index is 5.43. The lowest BCUT2D eigenvalue weighted by Gasteiger charge is -2.23. The number of nitrogens with one attached hydrogen (secondary N) is 1. The van der Waals surface area contributed by atoms with E-state index in [1.165, 1.54) is 0 Å². The predicted molar refractivity (Wildman–Crippen MR) is 70.5 cm³/mol. The van der Waals surface area contributed by atoms with Crippen LogP contribution in [0.15, 0.2) is 21.2 Å². The third kappa shape index (κ3) is 4.68. The second-order valence-corrected chi connectivity index (χ2v) is 4.76. The molecule has 16 heavy (non-hydrogen) atoms. The Morgan fingerprint density at radius 1 is 1.38 bits per heavy atom.